The molecule has 4 rings (SSSR count). The van der Waals surface area contributed by atoms with Crippen molar-refractivity contribution in [2.75, 3.05) is 11.4 Å². The molecular formula is C19H23N5O2. The molecule has 0 spiro atoms. The van der Waals surface area contributed by atoms with Crippen LogP contribution in [0, 0.1) is 5.92 Å². The second kappa shape index (κ2) is 6.90. The lowest BCUT2D eigenvalue weighted by molar-refractivity contribution is 0.0901. The number of amides is 1. The number of nitrogens with zero attached hydrogens (tertiary/aromatic N) is 4. The lowest BCUT2D eigenvalue weighted by Crippen LogP contribution is -2.44. The van der Waals surface area contributed by atoms with Crippen molar-refractivity contribution in [2.24, 2.45) is 5.92 Å². The first-order valence-electron chi connectivity index (χ1n) is 9.26. The minimum absolute atomic E-state index is 0.108. The van der Waals surface area contributed by atoms with E-state index in [1.807, 2.05) is 35.2 Å². The Bertz CT molecular complexity index is 864. The molecule has 0 radical (unpaired) electrons. The van der Waals surface area contributed by atoms with Gasteiger partial charge in [-0.1, -0.05) is 38.0 Å². The number of para-hydroxylation sites is 1. The molecule has 0 saturated heterocycles. The number of nitrogens with one attached hydrogen (secondary N) is 1. The fraction of sp³-hybridized carbons (Fsp3) is 0.474. The maximum Gasteiger partial charge on any atom is 0.286 e. The summed E-state index contributed by atoms with van der Waals surface area (Å²) in [4.78, 5) is 27.3. The molecule has 2 heterocycles. The average Bonchev–Trinajstić information content (AvgIpc) is 3.09. The molecule has 7 nitrogen and oxygen atoms in total. The van der Waals surface area contributed by atoms with Gasteiger partial charge >= 0.3 is 0 Å². The normalized spacial score (nSPS) is 22.1. The van der Waals surface area contributed by atoms with E-state index in [4.69, 9.17) is 0 Å². The van der Waals surface area contributed by atoms with Gasteiger partial charge < -0.3 is 10.2 Å². The first-order chi connectivity index (χ1) is 12.6. The molecular weight excluding hydrogens is 330 g/mol. The molecule has 2 aromatic rings. The first kappa shape index (κ1) is 16.8. The number of fused-ring (bicyclic) bond motifs is 1. The van der Waals surface area contributed by atoms with Crippen LogP contribution in [0.4, 0.5) is 11.6 Å². The Hall–Kier alpha value is -2.70. The standard InChI is InChI=1S/C19H23N5O2/c1-13-7-5-6-10-15(13)20-17(25)16-18(26)24-12-11-23(19(24)22-21-16)14-8-3-2-4-9-14/h2-4,8-9,13,15H,5-7,10-12H2,1H3,(H,20,25)/t13-,15+/m0/s1. The Kier molecular flexibility index (Phi) is 4.44. The maximum atomic E-state index is 12.8. The molecule has 2 atom stereocenters. The lowest BCUT2D eigenvalue weighted by atomic mass is 9.86. The van der Waals surface area contributed by atoms with Gasteiger partial charge in [-0.3, -0.25) is 14.2 Å². The van der Waals surface area contributed by atoms with E-state index in [2.05, 4.69) is 22.4 Å². The molecule has 1 saturated carbocycles. The van der Waals surface area contributed by atoms with E-state index >= 15 is 0 Å². The van der Waals surface area contributed by atoms with E-state index in [-0.39, 0.29) is 17.3 Å². The molecule has 0 unspecified atom stereocenters. The highest BCUT2D eigenvalue weighted by molar-refractivity contribution is 5.92. The van der Waals surface area contributed by atoms with E-state index in [9.17, 15) is 9.59 Å². The molecule has 0 bridgehead atoms. The molecule has 1 N–H and O–H groups in total. The first-order valence-corrected chi connectivity index (χ1v) is 9.26. The van der Waals surface area contributed by atoms with Crippen molar-refractivity contribution in [3.05, 3.63) is 46.4 Å². The van der Waals surface area contributed by atoms with Crippen LogP contribution in [-0.4, -0.2) is 33.3 Å². The van der Waals surface area contributed by atoms with E-state index < -0.39 is 5.91 Å². The van der Waals surface area contributed by atoms with Crippen LogP contribution >= 0.6 is 0 Å². The van der Waals surface area contributed by atoms with Crippen LogP contribution in [-0.2, 0) is 6.54 Å². The zero-order valence-corrected chi connectivity index (χ0v) is 14.9. The average molecular weight is 353 g/mol. The Balaban J connectivity index is 1.58. The van der Waals surface area contributed by atoms with Crippen LogP contribution in [0.5, 0.6) is 0 Å². The predicted molar refractivity (Wildman–Crippen MR) is 98.6 cm³/mol. The molecule has 1 aromatic heterocycles. The number of hydrogen-bond donors (Lipinski definition) is 1. The summed E-state index contributed by atoms with van der Waals surface area (Å²) >= 11 is 0. The summed E-state index contributed by atoms with van der Waals surface area (Å²) in [7, 11) is 0. The zero-order valence-electron chi connectivity index (χ0n) is 14.9. The Morgan fingerprint density at radius 2 is 1.88 bits per heavy atom. The lowest BCUT2D eigenvalue weighted by Gasteiger charge is -2.29. The molecule has 26 heavy (non-hydrogen) atoms. The van der Waals surface area contributed by atoms with Crippen LogP contribution in [0.15, 0.2) is 35.1 Å². The number of carbonyl (C=O) groups is 1. The second-order valence-electron chi connectivity index (χ2n) is 7.13. The smallest absolute Gasteiger partial charge is 0.286 e. The van der Waals surface area contributed by atoms with Gasteiger partial charge in [-0.2, -0.15) is 0 Å². The van der Waals surface area contributed by atoms with Crippen LogP contribution in [0.25, 0.3) is 0 Å². The Morgan fingerprint density at radius 1 is 1.12 bits per heavy atom. The highest BCUT2D eigenvalue weighted by Gasteiger charge is 2.29. The van der Waals surface area contributed by atoms with Crippen molar-refractivity contribution < 1.29 is 4.79 Å². The second-order valence-corrected chi connectivity index (χ2v) is 7.13. The molecule has 7 heteroatoms. The van der Waals surface area contributed by atoms with Crippen LogP contribution in [0.3, 0.4) is 0 Å². The topological polar surface area (TPSA) is 80.1 Å². The number of rotatable bonds is 3. The molecule has 2 aliphatic rings. The van der Waals surface area contributed by atoms with Gasteiger partial charge in [0.25, 0.3) is 11.5 Å². The van der Waals surface area contributed by atoms with Gasteiger partial charge in [0.15, 0.2) is 0 Å². The third-order valence-corrected chi connectivity index (χ3v) is 5.43. The summed E-state index contributed by atoms with van der Waals surface area (Å²) in [5, 5.41) is 11.2. The number of carbonyl (C=O) groups excluding carboxylic acids is 1. The van der Waals surface area contributed by atoms with Crippen LogP contribution < -0.4 is 15.8 Å². The molecule has 1 amide bonds. The fourth-order valence-corrected chi connectivity index (χ4v) is 3.87. The predicted octanol–water partition coefficient (Wildman–Crippen LogP) is 2.10. The van der Waals surface area contributed by atoms with Gasteiger partial charge in [0.1, 0.15) is 0 Å². The van der Waals surface area contributed by atoms with Gasteiger partial charge in [-0.15, -0.1) is 10.2 Å². The summed E-state index contributed by atoms with van der Waals surface area (Å²) in [5.41, 5.74) is 0.483. The molecule has 1 aliphatic carbocycles. The van der Waals surface area contributed by atoms with E-state index in [1.165, 1.54) is 6.42 Å². The van der Waals surface area contributed by atoms with Crippen molar-refractivity contribution in [3.63, 3.8) is 0 Å². The zero-order chi connectivity index (χ0) is 18.1. The van der Waals surface area contributed by atoms with Crippen molar-refractivity contribution in [3.8, 4) is 0 Å². The van der Waals surface area contributed by atoms with Gasteiger partial charge in [0, 0.05) is 24.8 Å². The summed E-state index contributed by atoms with van der Waals surface area (Å²) in [6.07, 6.45) is 4.36. The van der Waals surface area contributed by atoms with Gasteiger partial charge in [0.2, 0.25) is 11.6 Å². The van der Waals surface area contributed by atoms with Gasteiger partial charge in [-0.05, 0) is 30.9 Å². The minimum atomic E-state index is -0.408. The summed E-state index contributed by atoms with van der Waals surface area (Å²) in [5.74, 6) is 0.505. The maximum absolute atomic E-state index is 12.8. The SMILES string of the molecule is C[C@H]1CCCC[C@H]1NC(=O)c1nnc2n(c1=O)CCN2c1ccccc1. The van der Waals surface area contributed by atoms with Gasteiger partial charge in [0.05, 0.1) is 0 Å². The third-order valence-electron chi connectivity index (χ3n) is 5.43. The third kappa shape index (κ3) is 2.98. The molecule has 1 fully saturated rings. The van der Waals surface area contributed by atoms with E-state index in [0.29, 0.717) is 25.0 Å². The van der Waals surface area contributed by atoms with Crippen LogP contribution in [0.1, 0.15) is 43.1 Å². The van der Waals surface area contributed by atoms with E-state index in [0.717, 1.165) is 24.9 Å². The summed E-state index contributed by atoms with van der Waals surface area (Å²) in [6.45, 7) is 3.28. The van der Waals surface area contributed by atoms with Gasteiger partial charge in [-0.25, -0.2) is 0 Å². The minimum Gasteiger partial charge on any atom is -0.347 e. The largest absolute Gasteiger partial charge is 0.347 e. The monoisotopic (exact) mass is 353 g/mol. The van der Waals surface area contributed by atoms with Crippen molar-refractivity contribution in [1.29, 1.82) is 0 Å². The quantitative estimate of drug-likeness (QED) is 0.914. The molecule has 1 aliphatic heterocycles. The molecule has 136 valence electrons. The Morgan fingerprint density at radius 3 is 2.65 bits per heavy atom. The number of benzene rings is 1. The van der Waals surface area contributed by atoms with Crippen molar-refractivity contribution >= 4 is 17.5 Å². The number of anilines is 2. The number of aromatic nitrogens is 3. The van der Waals surface area contributed by atoms with Crippen molar-refractivity contribution in [1.82, 2.24) is 20.1 Å². The van der Waals surface area contributed by atoms with Crippen LogP contribution in [0.2, 0.25) is 0 Å². The van der Waals surface area contributed by atoms with Crippen molar-refractivity contribution in [2.45, 2.75) is 45.2 Å². The Labute approximate surface area is 152 Å². The number of hydrogen-bond acceptors (Lipinski definition) is 5. The molecule has 1 aromatic carbocycles. The fourth-order valence-electron chi connectivity index (χ4n) is 3.87. The summed E-state index contributed by atoms with van der Waals surface area (Å²) < 4.78 is 1.54. The highest BCUT2D eigenvalue weighted by atomic mass is 16.2. The summed E-state index contributed by atoms with van der Waals surface area (Å²) in [6, 6.07) is 9.86. The highest BCUT2D eigenvalue weighted by Crippen LogP contribution is 2.26. The van der Waals surface area contributed by atoms with E-state index in [1.54, 1.807) is 4.57 Å².